The van der Waals surface area contributed by atoms with Crippen LogP contribution in [0.5, 0.6) is 5.75 Å². The smallest absolute Gasteiger partial charge is 0.336 e. The first-order chi connectivity index (χ1) is 6.60. The molecular weight excluding hydrogens is 248 g/mol. The van der Waals surface area contributed by atoms with Gasteiger partial charge >= 0.3 is 5.97 Å². The van der Waals surface area contributed by atoms with Crippen LogP contribution in [0.1, 0.15) is 21.5 Å². The topological polar surface area (TPSA) is 46.5 Å². The summed E-state index contributed by atoms with van der Waals surface area (Å²) in [6.07, 6.45) is 0. The number of alkyl halides is 1. The second kappa shape index (κ2) is 4.46. The Bertz CT molecular complexity index is 361. The number of hydrogen-bond donors (Lipinski definition) is 1. The van der Waals surface area contributed by atoms with Gasteiger partial charge in [-0.2, -0.15) is 0 Å². The summed E-state index contributed by atoms with van der Waals surface area (Å²) < 4.78 is 5.06. The van der Waals surface area contributed by atoms with Crippen molar-refractivity contribution in [2.45, 2.75) is 12.3 Å². The highest BCUT2D eigenvalue weighted by molar-refractivity contribution is 9.08. The molecule has 0 bridgehead atoms. The molecule has 0 saturated carbocycles. The number of benzene rings is 1. The monoisotopic (exact) mass is 258 g/mol. The molecule has 1 aromatic carbocycles. The van der Waals surface area contributed by atoms with E-state index in [1.807, 2.05) is 0 Å². The van der Waals surface area contributed by atoms with Crippen molar-refractivity contribution in [1.82, 2.24) is 0 Å². The summed E-state index contributed by atoms with van der Waals surface area (Å²) in [5.74, 6) is -0.221. The predicted molar refractivity (Wildman–Crippen MR) is 57.3 cm³/mol. The molecule has 0 amide bonds. The molecule has 4 heteroatoms. The SMILES string of the molecule is COc1cc(C)c(C(=O)O)c(CBr)c1. The minimum absolute atomic E-state index is 0.350. The molecule has 3 nitrogen and oxygen atoms in total. The number of carboxylic acids is 1. The predicted octanol–water partition coefficient (Wildman–Crippen LogP) is 2.60. The third-order valence-corrected chi connectivity index (χ3v) is 2.59. The third-order valence-electron chi connectivity index (χ3n) is 1.98. The van der Waals surface area contributed by atoms with Crippen LogP contribution in [-0.2, 0) is 5.33 Å². The van der Waals surface area contributed by atoms with E-state index >= 15 is 0 Å². The fourth-order valence-corrected chi connectivity index (χ4v) is 1.80. The zero-order chi connectivity index (χ0) is 10.7. The summed E-state index contributed by atoms with van der Waals surface area (Å²) in [6.45, 7) is 1.76. The fraction of sp³-hybridized carbons (Fsp3) is 0.300. The van der Waals surface area contributed by atoms with Gasteiger partial charge in [-0.1, -0.05) is 15.9 Å². The number of ether oxygens (including phenoxy) is 1. The molecular formula is C10H11BrO3. The van der Waals surface area contributed by atoms with E-state index in [-0.39, 0.29) is 0 Å². The molecule has 0 unspecified atom stereocenters. The molecule has 0 saturated heterocycles. The van der Waals surface area contributed by atoms with Gasteiger partial charge in [0, 0.05) is 5.33 Å². The van der Waals surface area contributed by atoms with Gasteiger partial charge in [-0.15, -0.1) is 0 Å². The molecule has 14 heavy (non-hydrogen) atoms. The zero-order valence-electron chi connectivity index (χ0n) is 8.00. The Kier molecular flexibility index (Phi) is 3.52. The number of aromatic carboxylic acids is 1. The normalized spacial score (nSPS) is 9.93. The maximum Gasteiger partial charge on any atom is 0.336 e. The Morgan fingerprint density at radius 1 is 1.57 bits per heavy atom. The first kappa shape index (κ1) is 11.0. The van der Waals surface area contributed by atoms with Gasteiger partial charge in [0.15, 0.2) is 0 Å². The van der Waals surface area contributed by atoms with Crippen LogP contribution in [0.3, 0.4) is 0 Å². The van der Waals surface area contributed by atoms with Crippen LogP contribution < -0.4 is 4.74 Å². The Labute approximate surface area is 90.8 Å². The van der Waals surface area contributed by atoms with Crippen molar-refractivity contribution in [2.24, 2.45) is 0 Å². The highest BCUT2D eigenvalue weighted by Gasteiger charge is 2.13. The van der Waals surface area contributed by atoms with Crippen LogP contribution >= 0.6 is 15.9 Å². The number of hydrogen-bond acceptors (Lipinski definition) is 2. The second-order valence-corrected chi connectivity index (χ2v) is 3.48. The zero-order valence-corrected chi connectivity index (χ0v) is 9.59. The van der Waals surface area contributed by atoms with Gasteiger partial charge in [0.1, 0.15) is 5.75 Å². The number of aryl methyl sites for hydroxylation is 1. The summed E-state index contributed by atoms with van der Waals surface area (Å²) in [4.78, 5) is 10.9. The van der Waals surface area contributed by atoms with Crippen molar-refractivity contribution in [3.63, 3.8) is 0 Å². The molecule has 0 aliphatic rings. The maximum atomic E-state index is 10.9. The number of carboxylic acid groups (broad SMARTS) is 1. The molecule has 0 aromatic heterocycles. The lowest BCUT2D eigenvalue weighted by Gasteiger charge is -2.09. The van der Waals surface area contributed by atoms with Crippen LogP contribution in [0.15, 0.2) is 12.1 Å². The molecule has 0 aliphatic carbocycles. The van der Waals surface area contributed by atoms with E-state index in [9.17, 15) is 4.79 Å². The summed E-state index contributed by atoms with van der Waals surface area (Å²) in [6, 6.07) is 3.45. The highest BCUT2D eigenvalue weighted by Crippen LogP contribution is 2.24. The standard InChI is InChI=1S/C10H11BrO3/c1-6-3-8(14-2)4-7(5-11)9(6)10(12)13/h3-4H,5H2,1-2H3,(H,12,13). The van der Waals surface area contributed by atoms with Crippen molar-refractivity contribution in [1.29, 1.82) is 0 Å². The number of halogens is 1. The Hall–Kier alpha value is -1.03. The van der Waals surface area contributed by atoms with Crippen molar-refractivity contribution < 1.29 is 14.6 Å². The van der Waals surface area contributed by atoms with Crippen molar-refractivity contribution >= 4 is 21.9 Å². The third kappa shape index (κ3) is 2.07. The second-order valence-electron chi connectivity index (χ2n) is 2.92. The van der Waals surface area contributed by atoms with Crippen LogP contribution in [0.25, 0.3) is 0 Å². The lowest BCUT2D eigenvalue weighted by Crippen LogP contribution is -2.04. The molecule has 1 rings (SSSR count). The average molecular weight is 259 g/mol. The van der Waals surface area contributed by atoms with Gasteiger partial charge in [-0.3, -0.25) is 0 Å². The van der Waals surface area contributed by atoms with Gasteiger partial charge in [0.2, 0.25) is 0 Å². The van der Waals surface area contributed by atoms with Crippen LogP contribution in [-0.4, -0.2) is 18.2 Å². The van der Waals surface area contributed by atoms with Gasteiger partial charge in [0.05, 0.1) is 12.7 Å². The summed E-state index contributed by atoms with van der Waals surface area (Å²) >= 11 is 3.26. The average Bonchev–Trinajstić information content (AvgIpc) is 2.15. The molecule has 1 N–H and O–H groups in total. The first-order valence-electron chi connectivity index (χ1n) is 4.07. The number of methoxy groups -OCH3 is 1. The van der Waals surface area contributed by atoms with Gasteiger partial charge in [0.25, 0.3) is 0 Å². The number of carbonyl (C=O) groups is 1. The van der Waals surface area contributed by atoms with E-state index < -0.39 is 5.97 Å². The molecule has 0 heterocycles. The number of rotatable bonds is 3. The van der Waals surface area contributed by atoms with Gasteiger partial charge in [-0.05, 0) is 30.2 Å². The highest BCUT2D eigenvalue weighted by atomic mass is 79.9. The van der Waals surface area contributed by atoms with Crippen molar-refractivity contribution in [2.75, 3.05) is 7.11 Å². The van der Waals surface area contributed by atoms with E-state index in [0.717, 1.165) is 5.56 Å². The molecule has 1 aromatic rings. The molecule has 0 radical (unpaired) electrons. The van der Waals surface area contributed by atoms with Crippen LogP contribution in [0.4, 0.5) is 0 Å². The quantitative estimate of drug-likeness (QED) is 0.848. The maximum absolute atomic E-state index is 10.9. The van der Waals surface area contributed by atoms with Crippen LogP contribution in [0, 0.1) is 6.92 Å². The summed E-state index contributed by atoms with van der Waals surface area (Å²) in [5, 5.41) is 9.49. The Morgan fingerprint density at radius 2 is 2.21 bits per heavy atom. The first-order valence-corrected chi connectivity index (χ1v) is 5.19. The van der Waals surface area contributed by atoms with E-state index in [2.05, 4.69) is 15.9 Å². The van der Waals surface area contributed by atoms with Gasteiger partial charge < -0.3 is 9.84 Å². The van der Waals surface area contributed by atoms with E-state index in [1.165, 1.54) is 0 Å². The summed E-state index contributed by atoms with van der Waals surface area (Å²) in [5.41, 5.74) is 1.79. The Morgan fingerprint density at radius 3 is 2.64 bits per heavy atom. The molecule has 76 valence electrons. The summed E-state index contributed by atoms with van der Waals surface area (Å²) in [7, 11) is 1.56. The molecule has 0 aliphatic heterocycles. The van der Waals surface area contributed by atoms with E-state index in [0.29, 0.717) is 22.2 Å². The fourth-order valence-electron chi connectivity index (χ4n) is 1.35. The lowest BCUT2D eigenvalue weighted by atomic mass is 10.0. The lowest BCUT2D eigenvalue weighted by molar-refractivity contribution is 0.0695. The minimum atomic E-state index is -0.903. The van der Waals surface area contributed by atoms with Crippen molar-refractivity contribution in [3.05, 3.63) is 28.8 Å². The van der Waals surface area contributed by atoms with E-state index in [1.54, 1.807) is 26.2 Å². The van der Waals surface area contributed by atoms with Crippen molar-refractivity contribution in [3.8, 4) is 5.75 Å². The Balaban J connectivity index is 3.34. The molecule has 0 fully saturated rings. The molecule has 0 spiro atoms. The van der Waals surface area contributed by atoms with Crippen LogP contribution in [0.2, 0.25) is 0 Å². The van der Waals surface area contributed by atoms with E-state index in [4.69, 9.17) is 9.84 Å². The largest absolute Gasteiger partial charge is 0.497 e. The van der Waals surface area contributed by atoms with Gasteiger partial charge in [-0.25, -0.2) is 4.79 Å². The molecule has 0 atom stereocenters. The minimum Gasteiger partial charge on any atom is -0.497 e.